The smallest absolute Gasteiger partial charge is 0.156 e. The lowest BCUT2D eigenvalue weighted by molar-refractivity contribution is 0.177. The molecule has 0 atom stereocenters. The summed E-state index contributed by atoms with van der Waals surface area (Å²) in [4.78, 5) is 13.5. The molecule has 112 valence electrons. The Balaban J connectivity index is 1.96. The number of piperazine rings is 1. The number of alkyl halides is 1. The summed E-state index contributed by atoms with van der Waals surface area (Å²) in [5.74, 6) is 1.69. The minimum Gasteiger partial charge on any atom is -0.377 e. The fraction of sp³-hybridized carbons (Fsp3) is 0.714. The van der Waals surface area contributed by atoms with Crippen LogP contribution < -0.4 is 4.90 Å². The van der Waals surface area contributed by atoms with Crippen molar-refractivity contribution < 1.29 is 9.13 Å². The van der Waals surface area contributed by atoms with Crippen LogP contribution in [0.3, 0.4) is 0 Å². The predicted octanol–water partition coefficient (Wildman–Crippen LogP) is 1.41. The number of nitrogens with zero attached hydrogens (tertiary/aromatic N) is 4. The van der Waals surface area contributed by atoms with Crippen LogP contribution in [0.1, 0.15) is 17.9 Å². The van der Waals surface area contributed by atoms with E-state index in [9.17, 15) is 4.39 Å². The Bertz CT molecular complexity index is 422. The van der Waals surface area contributed by atoms with Crippen molar-refractivity contribution in [3.05, 3.63) is 17.6 Å². The maximum Gasteiger partial charge on any atom is 0.156 e. The van der Waals surface area contributed by atoms with Crippen molar-refractivity contribution in [3.63, 3.8) is 0 Å². The third-order valence-electron chi connectivity index (χ3n) is 3.46. The van der Waals surface area contributed by atoms with Gasteiger partial charge in [-0.25, -0.2) is 9.97 Å². The maximum absolute atomic E-state index is 12.2. The Hall–Kier alpha value is -1.27. The molecule has 1 aliphatic rings. The number of hydrogen-bond acceptors (Lipinski definition) is 5. The van der Waals surface area contributed by atoms with Gasteiger partial charge in [-0.05, 0) is 13.3 Å². The van der Waals surface area contributed by atoms with Gasteiger partial charge in [-0.15, -0.1) is 0 Å². The van der Waals surface area contributed by atoms with Crippen molar-refractivity contribution >= 4 is 5.82 Å². The van der Waals surface area contributed by atoms with E-state index in [2.05, 4.69) is 19.8 Å². The molecule has 0 N–H and O–H groups in total. The van der Waals surface area contributed by atoms with Gasteiger partial charge < -0.3 is 9.64 Å². The Morgan fingerprint density at radius 1 is 1.25 bits per heavy atom. The van der Waals surface area contributed by atoms with Crippen molar-refractivity contribution in [2.75, 3.05) is 51.4 Å². The van der Waals surface area contributed by atoms with E-state index in [1.807, 2.05) is 13.0 Å². The molecule has 0 radical (unpaired) electrons. The summed E-state index contributed by atoms with van der Waals surface area (Å²) in [5, 5.41) is 0. The second-order valence-electron chi connectivity index (χ2n) is 5.09. The lowest BCUT2D eigenvalue weighted by Gasteiger charge is -2.35. The van der Waals surface area contributed by atoms with Crippen LogP contribution in [0.15, 0.2) is 6.07 Å². The van der Waals surface area contributed by atoms with Crippen molar-refractivity contribution in [2.24, 2.45) is 0 Å². The lowest BCUT2D eigenvalue weighted by Crippen LogP contribution is -2.47. The number of halogens is 1. The molecule has 0 spiro atoms. The average molecular weight is 282 g/mol. The van der Waals surface area contributed by atoms with E-state index in [0.29, 0.717) is 13.0 Å². The minimum absolute atomic E-state index is 0.230. The van der Waals surface area contributed by atoms with Gasteiger partial charge in [-0.2, -0.15) is 0 Å². The van der Waals surface area contributed by atoms with Gasteiger partial charge in [0.1, 0.15) is 12.4 Å². The third kappa shape index (κ3) is 4.11. The van der Waals surface area contributed by atoms with E-state index in [1.165, 1.54) is 0 Å². The molecule has 0 amide bonds. The molecule has 1 aromatic heterocycles. The predicted molar refractivity (Wildman–Crippen MR) is 76.7 cm³/mol. The molecule has 0 saturated carbocycles. The Morgan fingerprint density at radius 3 is 2.65 bits per heavy atom. The van der Waals surface area contributed by atoms with E-state index in [4.69, 9.17) is 4.74 Å². The zero-order valence-corrected chi connectivity index (χ0v) is 12.3. The van der Waals surface area contributed by atoms with Gasteiger partial charge in [0.25, 0.3) is 0 Å². The van der Waals surface area contributed by atoms with Crippen molar-refractivity contribution in [2.45, 2.75) is 20.0 Å². The van der Waals surface area contributed by atoms with Gasteiger partial charge in [-0.1, -0.05) is 0 Å². The van der Waals surface area contributed by atoms with Gasteiger partial charge in [0.05, 0.1) is 6.67 Å². The Kier molecular flexibility index (Phi) is 5.67. The van der Waals surface area contributed by atoms with Crippen LogP contribution in [-0.4, -0.2) is 61.4 Å². The normalized spacial score (nSPS) is 16.6. The number of aromatic nitrogens is 2. The van der Waals surface area contributed by atoms with Gasteiger partial charge in [0, 0.05) is 51.6 Å². The van der Waals surface area contributed by atoms with Crippen LogP contribution >= 0.6 is 0 Å². The molecule has 1 saturated heterocycles. The highest BCUT2D eigenvalue weighted by atomic mass is 19.1. The molecule has 0 unspecified atom stereocenters. The topological polar surface area (TPSA) is 41.5 Å². The molecule has 0 aromatic carbocycles. The van der Waals surface area contributed by atoms with Crippen LogP contribution in [0.4, 0.5) is 10.2 Å². The number of ether oxygens (including phenoxy) is 1. The molecule has 2 rings (SSSR count). The SMILES string of the molecule is COCc1nc(C)cc(N2CCN(CCCF)CC2)n1. The Morgan fingerprint density at radius 2 is 2.00 bits per heavy atom. The van der Waals surface area contributed by atoms with Crippen molar-refractivity contribution in [1.82, 2.24) is 14.9 Å². The average Bonchev–Trinajstić information content (AvgIpc) is 2.45. The summed E-state index contributed by atoms with van der Waals surface area (Å²) in [5.41, 5.74) is 0.960. The molecule has 6 heteroatoms. The van der Waals surface area contributed by atoms with E-state index < -0.39 is 0 Å². The van der Waals surface area contributed by atoms with Crippen molar-refractivity contribution in [3.8, 4) is 0 Å². The maximum atomic E-state index is 12.2. The van der Waals surface area contributed by atoms with E-state index in [-0.39, 0.29) is 6.67 Å². The number of methoxy groups -OCH3 is 1. The first kappa shape index (κ1) is 15.1. The minimum atomic E-state index is -0.230. The summed E-state index contributed by atoms with van der Waals surface area (Å²) < 4.78 is 17.3. The first-order chi connectivity index (χ1) is 9.72. The summed E-state index contributed by atoms with van der Waals surface area (Å²) in [6.45, 7) is 6.80. The molecule has 0 aliphatic carbocycles. The van der Waals surface area contributed by atoms with Crippen molar-refractivity contribution in [1.29, 1.82) is 0 Å². The van der Waals surface area contributed by atoms with Gasteiger partial charge in [0.2, 0.25) is 0 Å². The van der Waals surface area contributed by atoms with Crippen LogP contribution in [0.5, 0.6) is 0 Å². The summed E-state index contributed by atoms with van der Waals surface area (Å²) in [6, 6.07) is 2.01. The molecule has 20 heavy (non-hydrogen) atoms. The third-order valence-corrected chi connectivity index (χ3v) is 3.46. The van der Waals surface area contributed by atoms with Crippen LogP contribution in [-0.2, 0) is 11.3 Å². The first-order valence-corrected chi connectivity index (χ1v) is 7.09. The second kappa shape index (κ2) is 7.50. The highest BCUT2D eigenvalue weighted by Crippen LogP contribution is 2.15. The molecule has 0 bridgehead atoms. The monoisotopic (exact) mass is 282 g/mol. The largest absolute Gasteiger partial charge is 0.377 e. The molecule has 5 nitrogen and oxygen atoms in total. The standard InChI is InChI=1S/C14H23FN4O/c1-12-10-14(17-13(16-12)11-20-2)19-8-6-18(7-9-19)5-3-4-15/h10H,3-9,11H2,1-2H3. The van der Waals surface area contributed by atoms with Crippen LogP contribution in [0, 0.1) is 6.92 Å². The fourth-order valence-electron chi connectivity index (χ4n) is 2.45. The van der Waals surface area contributed by atoms with Crippen LogP contribution in [0.2, 0.25) is 0 Å². The number of aryl methyl sites for hydroxylation is 1. The van der Waals surface area contributed by atoms with E-state index >= 15 is 0 Å². The molecular formula is C14H23FN4O. The van der Waals surface area contributed by atoms with Gasteiger partial charge in [0.15, 0.2) is 5.82 Å². The summed E-state index contributed by atoms with van der Waals surface area (Å²) in [7, 11) is 1.65. The van der Waals surface area contributed by atoms with Crippen LogP contribution in [0.25, 0.3) is 0 Å². The fourth-order valence-corrected chi connectivity index (χ4v) is 2.45. The zero-order valence-electron chi connectivity index (χ0n) is 12.3. The van der Waals surface area contributed by atoms with E-state index in [1.54, 1.807) is 7.11 Å². The first-order valence-electron chi connectivity index (χ1n) is 7.09. The Labute approximate surface area is 119 Å². The number of hydrogen-bond donors (Lipinski definition) is 0. The highest BCUT2D eigenvalue weighted by Gasteiger charge is 2.18. The zero-order chi connectivity index (χ0) is 14.4. The molecule has 2 heterocycles. The molecule has 1 aromatic rings. The van der Waals surface area contributed by atoms with Gasteiger partial charge in [-0.3, -0.25) is 9.29 Å². The summed E-state index contributed by atoms with van der Waals surface area (Å²) >= 11 is 0. The highest BCUT2D eigenvalue weighted by molar-refractivity contribution is 5.40. The quantitative estimate of drug-likeness (QED) is 0.789. The lowest BCUT2D eigenvalue weighted by atomic mass is 10.3. The van der Waals surface area contributed by atoms with Gasteiger partial charge >= 0.3 is 0 Å². The summed E-state index contributed by atoms with van der Waals surface area (Å²) in [6.07, 6.45) is 0.630. The molecular weight excluding hydrogens is 259 g/mol. The molecule has 1 aliphatic heterocycles. The molecule has 1 fully saturated rings. The second-order valence-corrected chi connectivity index (χ2v) is 5.09. The number of anilines is 1. The number of rotatable bonds is 6. The van der Waals surface area contributed by atoms with E-state index in [0.717, 1.165) is 50.1 Å².